The Morgan fingerprint density at radius 1 is 0.976 bits per heavy atom. The third-order valence-electron chi connectivity index (χ3n) is 9.97. The maximum atomic E-state index is 11.4. The molecule has 42 heavy (non-hydrogen) atoms. The summed E-state index contributed by atoms with van der Waals surface area (Å²) >= 11 is 7.85. The van der Waals surface area contributed by atoms with Gasteiger partial charge in [-0.3, -0.25) is 0 Å². The highest BCUT2D eigenvalue weighted by Gasteiger charge is 2.47. The lowest BCUT2D eigenvalue weighted by Crippen LogP contribution is -2.40. The highest BCUT2D eigenvalue weighted by Crippen LogP contribution is 2.46. The van der Waals surface area contributed by atoms with Crippen LogP contribution < -0.4 is 5.73 Å². The summed E-state index contributed by atoms with van der Waals surface area (Å²) < 4.78 is 1.97. The predicted molar refractivity (Wildman–Crippen MR) is 168 cm³/mol. The number of hydrogen-bond acceptors (Lipinski definition) is 8. The van der Waals surface area contributed by atoms with E-state index in [1.807, 2.05) is 29.0 Å². The molecule has 0 spiro atoms. The number of benzene rings is 1. The minimum atomic E-state index is -0.908. The summed E-state index contributed by atoms with van der Waals surface area (Å²) in [6.07, 6.45) is 9.33. The van der Waals surface area contributed by atoms with Gasteiger partial charge in [0.25, 0.3) is 0 Å². The largest absolute Gasteiger partial charge is 0.390 e. The molecule has 222 valence electrons. The van der Waals surface area contributed by atoms with E-state index in [1.165, 1.54) is 37.8 Å². The van der Waals surface area contributed by atoms with Gasteiger partial charge in [-0.15, -0.1) is 11.3 Å². The van der Waals surface area contributed by atoms with Gasteiger partial charge in [0, 0.05) is 30.1 Å². The number of nitrogens with two attached hydrogens (primary N) is 1. The average molecular weight is 607 g/mol. The van der Waals surface area contributed by atoms with Crippen LogP contribution in [0.5, 0.6) is 0 Å². The lowest BCUT2D eigenvalue weighted by molar-refractivity contribution is -0.0128. The molecule has 0 amide bonds. The zero-order valence-electron chi connectivity index (χ0n) is 23.8. The molecule has 10 heteroatoms. The van der Waals surface area contributed by atoms with Crippen molar-refractivity contribution in [2.24, 2.45) is 17.8 Å². The van der Waals surface area contributed by atoms with Gasteiger partial charge in [-0.1, -0.05) is 43.2 Å². The van der Waals surface area contributed by atoms with Crippen LogP contribution in [0.2, 0.25) is 5.28 Å². The Hall–Kier alpha value is -2.56. The van der Waals surface area contributed by atoms with Gasteiger partial charge in [-0.25, -0.2) is 9.97 Å². The van der Waals surface area contributed by atoms with Crippen LogP contribution in [0.1, 0.15) is 62.2 Å². The van der Waals surface area contributed by atoms with Crippen LogP contribution in [0.3, 0.4) is 0 Å². The molecule has 4 atom stereocenters. The van der Waals surface area contributed by atoms with Gasteiger partial charge in [-0.05, 0) is 80.1 Å². The van der Waals surface area contributed by atoms with E-state index < -0.39 is 12.2 Å². The van der Waals surface area contributed by atoms with E-state index in [1.54, 1.807) is 11.3 Å². The Balaban J connectivity index is 1.14. The number of aliphatic hydroxyl groups is 2. The summed E-state index contributed by atoms with van der Waals surface area (Å²) in [7, 11) is 0. The standard InChI is InChI=1S/C32H39ClN6O2S/c33-32-36-29(34)26-24(31-35-22(18-42-31)14-19-6-2-1-3-7-19)17-39(30(26)37-32)25-15-23(27(40)28(25)41)21-10-12-38(13-11-21)16-20-8-4-5-9-20/h1-3,6-7,17-18,20-21,23,25,27-28,40-41H,4-5,8-16H2,(H2,34,36,37)/t23-,25-,27-,28+/m1/s1. The van der Waals surface area contributed by atoms with Gasteiger partial charge in [0.2, 0.25) is 5.28 Å². The zero-order valence-corrected chi connectivity index (χ0v) is 25.4. The van der Waals surface area contributed by atoms with Crippen molar-refractivity contribution >= 4 is 39.8 Å². The molecule has 7 rings (SSSR count). The van der Waals surface area contributed by atoms with Crippen LogP contribution >= 0.6 is 22.9 Å². The number of piperidine rings is 1. The molecule has 4 heterocycles. The monoisotopic (exact) mass is 606 g/mol. The maximum absolute atomic E-state index is 11.4. The van der Waals surface area contributed by atoms with Crippen LogP contribution in [0, 0.1) is 17.8 Å². The van der Waals surface area contributed by atoms with Gasteiger partial charge in [0.15, 0.2) is 0 Å². The van der Waals surface area contributed by atoms with Crippen LogP contribution in [0.25, 0.3) is 21.6 Å². The fourth-order valence-electron chi connectivity index (χ4n) is 7.79. The molecule has 4 aromatic rings. The molecular formula is C32H39ClN6O2S. The molecule has 1 aliphatic heterocycles. The molecule has 8 nitrogen and oxygen atoms in total. The van der Waals surface area contributed by atoms with E-state index in [4.69, 9.17) is 22.3 Å². The van der Waals surface area contributed by atoms with E-state index >= 15 is 0 Å². The second-order valence-electron chi connectivity index (χ2n) is 12.6. The van der Waals surface area contributed by atoms with Crippen molar-refractivity contribution in [3.05, 3.63) is 58.4 Å². The fourth-order valence-corrected chi connectivity index (χ4v) is 8.80. The molecule has 0 bridgehead atoms. The molecule has 1 saturated heterocycles. The maximum Gasteiger partial charge on any atom is 0.226 e. The molecule has 2 aliphatic carbocycles. The summed E-state index contributed by atoms with van der Waals surface area (Å²) in [5, 5.41) is 26.4. The molecule has 0 unspecified atom stereocenters. The number of nitrogens with zero attached hydrogens (tertiary/aromatic N) is 5. The molecule has 3 fully saturated rings. The smallest absolute Gasteiger partial charge is 0.226 e. The molecule has 3 aliphatic rings. The number of anilines is 1. The minimum absolute atomic E-state index is 0.0338. The van der Waals surface area contributed by atoms with Crippen molar-refractivity contribution in [3.8, 4) is 10.6 Å². The number of likely N-dealkylation sites (tertiary alicyclic amines) is 1. The van der Waals surface area contributed by atoms with E-state index in [-0.39, 0.29) is 23.1 Å². The van der Waals surface area contributed by atoms with E-state index in [0.717, 1.165) is 54.5 Å². The normalized spacial score (nSPS) is 26.1. The Bertz CT molecular complexity index is 1530. The number of aromatic nitrogens is 4. The van der Waals surface area contributed by atoms with Crippen LogP contribution in [0.4, 0.5) is 5.82 Å². The van der Waals surface area contributed by atoms with Gasteiger partial charge in [0.1, 0.15) is 22.6 Å². The number of halogens is 1. The Labute approximate surface area is 255 Å². The third-order valence-corrected chi connectivity index (χ3v) is 11.1. The second-order valence-corrected chi connectivity index (χ2v) is 13.8. The van der Waals surface area contributed by atoms with Crippen molar-refractivity contribution < 1.29 is 10.2 Å². The topological polar surface area (TPSA) is 113 Å². The van der Waals surface area contributed by atoms with Gasteiger partial charge in [-0.2, -0.15) is 4.98 Å². The Morgan fingerprint density at radius 3 is 2.50 bits per heavy atom. The van der Waals surface area contributed by atoms with E-state index in [2.05, 4.69) is 32.4 Å². The number of nitrogen functional groups attached to an aromatic ring is 1. The molecule has 1 aromatic carbocycles. The van der Waals surface area contributed by atoms with E-state index in [9.17, 15) is 10.2 Å². The molecule has 3 aromatic heterocycles. The highest BCUT2D eigenvalue weighted by molar-refractivity contribution is 7.13. The van der Waals surface area contributed by atoms with Crippen LogP contribution in [0.15, 0.2) is 41.9 Å². The lowest BCUT2D eigenvalue weighted by Gasteiger charge is -2.37. The number of fused-ring (bicyclic) bond motifs is 1. The van der Waals surface area contributed by atoms with Crippen molar-refractivity contribution in [2.75, 3.05) is 25.4 Å². The SMILES string of the molecule is Nc1nc(Cl)nc2c1c(-c1nc(Cc3ccccc3)cs1)cn2[C@@H]1C[C@H](C2CCN(CC3CCCC3)CC2)[C@@H](O)[C@H]1O. The average Bonchev–Trinajstić information content (AvgIpc) is 3.79. The second kappa shape index (κ2) is 11.8. The Morgan fingerprint density at radius 2 is 1.74 bits per heavy atom. The molecule has 0 radical (unpaired) electrons. The minimum Gasteiger partial charge on any atom is -0.390 e. The van der Waals surface area contributed by atoms with Gasteiger partial charge < -0.3 is 25.4 Å². The van der Waals surface area contributed by atoms with Crippen LogP contribution in [-0.2, 0) is 6.42 Å². The quantitative estimate of drug-likeness (QED) is 0.236. The summed E-state index contributed by atoms with van der Waals surface area (Å²) in [4.78, 5) is 16.4. The first-order valence-corrected chi connectivity index (χ1v) is 16.6. The zero-order chi connectivity index (χ0) is 28.8. The summed E-state index contributed by atoms with van der Waals surface area (Å²) in [5.74, 6) is 1.57. The number of hydrogen-bond donors (Lipinski definition) is 3. The van der Waals surface area contributed by atoms with Gasteiger partial charge in [0.05, 0.1) is 23.2 Å². The van der Waals surface area contributed by atoms with Crippen molar-refractivity contribution in [2.45, 2.75) is 69.6 Å². The van der Waals surface area contributed by atoms with E-state index in [0.29, 0.717) is 23.4 Å². The van der Waals surface area contributed by atoms with Gasteiger partial charge >= 0.3 is 0 Å². The van der Waals surface area contributed by atoms with Crippen LogP contribution in [-0.4, -0.2) is 66.5 Å². The first kappa shape index (κ1) is 28.2. The summed E-state index contributed by atoms with van der Waals surface area (Å²) in [6, 6.07) is 9.94. The highest BCUT2D eigenvalue weighted by atomic mass is 35.5. The number of aliphatic hydroxyl groups excluding tert-OH is 2. The van der Waals surface area contributed by atoms with Crippen molar-refractivity contribution in [1.82, 2.24) is 24.4 Å². The molecular weight excluding hydrogens is 568 g/mol. The summed E-state index contributed by atoms with van der Waals surface area (Å²) in [5.41, 5.74) is 10.0. The lowest BCUT2D eigenvalue weighted by atomic mass is 9.81. The number of thiazole rings is 1. The van der Waals surface area contributed by atoms with Crippen molar-refractivity contribution in [3.63, 3.8) is 0 Å². The molecule has 4 N–H and O–H groups in total. The third kappa shape index (κ3) is 5.46. The fraction of sp³-hybridized carbons (Fsp3) is 0.531. The Kier molecular flexibility index (Phi) is 7.96. The van der Waals surface area contributed by atoms with Crippen molar-refractivity contribution in [1.29, 1.82) is 0 Å². The summed E-state index contributed by atoms with van der Waals surface area (Å²) in [6.45, 7) is 3.38. The first-order chi connectivity index (χ1) is 20.4. The molecule has 2 saturated carbocycles. The first-order valence-electron chi connectivity index (χ1n) is 15.4. The predicted octanol–water partition coefficient (Wildman–Crippen LogP) is 5.57. The number of rotatable bonds is 7.